The second-order valence-corrected chi connectivity index (χ2v) is 7.69. The molecule has 28 heavy (non-hydrogen) atoms. The minimum absolute atomic E-state index is 0.189. The number of carbonyl (C=O) groups excluding carboxylic acids is 2. The fourth-order valence-corrected chi connectivity index (χ4v) is 3.83. The minimum atomic E-state index is -0.816. The van der Waals surface area contributed by atoms with Crippen molar-refractivity contribution in [2.75, 3.05) is 0 Å². The molecule has 0 bridgehead atoms. The van der Waals surface area contributed by atoms with Crippen LogP contribution in [0.15, 0.2) is 28.9 Å². The molecule has 3 rings (SSSR count). The van der Waals surface area contributed by atoms with E-state index in [0.717, 1.165) is 42.8 Å². The van der Waals surface area contributed by atoms with Crippen LogP contribution in [0.4, 0.5) is 0 Å². The van der Waals surface area contributed by atoms with Crippen molar-refractivity contribution in [3.63, 3.8) is 0 Å². The van der Waals surface area contributed by atoms with Gasteiger partial charge in [-0.2, -0.15) is 0 Å². The molecular formula is C22H30N2O4. The number of rotatable bonds is 6. The number of furan rings is 1. The third-order valence-corrected chi connectivity index (χ3v) is 5.54. The molecule has 1 aliphatic rings. The largest absolute Gasteiger partial charge is 0.467 e. The van der Waals surface area contributed by atoms with Gasteiger partial charge in [0, 0.05) is 17.4 Å². The molecule has 0 aliphatic heterocycles. The van der Waals surface area contributed by atoms with Crippen LogP contribution in [0.5, 0.6) is 0 Å². The van der Waals surface area contributed by atoms with E-state index in [1.807, 2.05) is 30.5 Å². The van der Waals surface area contributed by atoms with Crippen LogP contribution in [0.1, 0.15) is 73.0 Å². The predicted molar refractivity (Wildman–Crippen MR) is 106 cm³/mol. The lowest BCUT2D eigenvalue weighted by Crippen LogP contribution is -2.41. The van der Waals surface area contributed by atoms with Crippen molar-refractivity contribution in [3.05, 3.63) is 47.2 Å². The summed E-state index contributed by atoms with van der Waals surface area (Å²) in [7, 11) is 0. The maximum absolute atomic E-state index is 12.7. The molecule has 1 N–H and O–H groups in total. The molecule has 152 valence electrons. The quantitative estimate of drug-likeness (QED) is 0.598. The molecule has 2 aromatic rings. The molecule has 0 saturated heterocycles. The molecule has 1 atom stereocenters. The number of nitrogens with zero attached hydrogens (tertiary/aromatic N) is 1. The van der Waals surface area contributed by atoms with Gasteiger partial charge in [0.25, 0.3) is 5.91 Å². The van der Waals surface area contributed by atoms with Crippen LogP contribution in [-0.2, 0) is 16.1 Å². The standard InChI is InChI=1S/C22H30N2O4/c1-15-13-20(16(2)24(15)14-19-11-8-12-27-19)22(26)28-17(3)21(25)23-18-9-6-4-5-7-10-18/h8,11-13,17-18H,4-7,9-10,14H2,1-3H3,(H,23,25)/t17-/m1/s1. The molecule has 0 aromatic carbocycles. The van der Waals surface area contributed by atoms with Crippen molar-refractivity contribution >= 4 is 11.9 Å². The van der Waals surface area contributed by atoms with E-state index in [-0.39, 0.29) is 11.9 Å². The first-order valence-corrected chi connectivity index (χ1v) is 10.2. The number of esters is 1. The minimum Gasteiger partial charge on any atom is -0.467 e. The second-order valence-electron chi connectivity index (χ2n) is 7.69. The van der Waals surface area contributed by atoms with Crippen LogP contribution < -0.4 is 5.32 Å². The van der Waals surface area contributed by atoms with Gasteiger partial charge >= 0.3 is 5.97 Å². The van der Waals surface area contributed by atoms with E-state index in [4.69, 9.17) is 9.15 Å². The number of hydrogen-bond donors (Lipinski definition) is 1. The van der Waals surface area contributed by atoms with Gasteiger partial charge in [0.15, 0.2) is 6.10 Å². The molecule has 1 fully saturated rings. The van der Waals surface area contributed by atoms with Gasteiger partial charge < -0.3 is 19.0 Å². The Morgan fingerprint density at radius 2 is 1.96 bits per heavy atom. The maximum atomic E-state index is 12.7. The van der Waals surface area contributed by atoms with Crippen molar-refractivity contribution in [3.8, 4) is 0 Å². The smallest absolute Gasteiger partial charge is 0.340 e. The highest BCUT2D eigenvalue weighted by Crippen LogP contribution is 2.20. The van der Waals surface area contributed by atoms with Crippen LogP contribution in [-0.4, -0.2) is 28.6 Å². The van der Waals surface area contributed by atoms with Crippen LogP contribution >= 0.6 is 0 Å². The molecule has 6 heteroatoms. The summed E-state index contributed by atoms with van der Waals surface area (Å²) in [6.07, 6.45) is 7.55. The number of ether oxygens (including phenoxy) is 1. The first kappa shape index (κ1) is 20.2. The van der Waals surface area contributed by atoms with E-state index in [1.54, 1.807) is 19.3 Å². The average Bonchev–Trinajstić information content (AvgIpc) is 3.18. The van der Waals surface area contributed by atoms with Crippen molar-refractivity contribution in [2.45, 2.75) is 78.0 Å². The van der Waals surface area contributed by atoms with Gasteiger partial charge in [-0.15, -0.1) is 0 Å². The summed E-state index contributed by atoms with van der Waals surface area (Å²) in [5.74, 6) is 0.129. The summed E-state index contributed by atoms with van der Waals surface area (Å²) >= 11 is 0. The topological polar surface area (TPSA) is 73.5 Å². The normalized spacial score (nSPS) is 16.4. The molecule has 2 heterocycles. The summed E-state index contributed by atoms with van der Waals surface area (Å²) in [5.41, 5.74) is 2.23. The number of hydrogen-bond acceptors (Lipinski definition) is 4. The Morgan fingerprint density at radius 3 is 2.61 bits per heavy atom. The van der Waals surface area contributed by atoms with E-state index in [0.29, 0.717) is 12.1 Å². The molecular weight excluding hydrogens is 356 g/mol. The number of carbonyl (C=O) groups is 2. The Balaban J connectivity index is 1.61. The van der Waals surface area contributed by atoms with Gasteiger partial charge in [0.2, 0.25) is 0 Å². The summed E-state index contributed by atoms with van der Waals surface area (Å²) in [6, 6.07) is 5.73. The predicted octanol–water partition coefficient (Wildman–Crippen LogP) is 4.13. The molecule has 0 spiro atoms. The third kappa shape index (κ3) is 4.86. The van der Waals surface area contributed by atoms with Crippen LogP contribution in [0.25, 0.3) is 0 Å². The lowest BCUT2D eigenvalue weighted by molar-refractivity contribution is -0.129. The average molecular weight is 386 g/mol. The van der Waals surface area contributed by atoms with E-state index >= 15 is 0 Å². The van der Waals surface area contributed by atoms with Gasteiger partial charge in [-0.05, 0) is 51.8 Å². The summed E-state index contributed by atoms with van der Waals surface area (Å²) < 4.78 is 12.9. The van der Waals surface area contributed by atoms with E-state index in [1.165, 1.54) is 12.8 Å². The Morgan fingerprint density at radius 1 is 1.25 bits per heavy atom. The molecule has 0 radical (unpaired) electrons. The van der Waals surface area contributed by atoms with Crippen LogP contribution in [0, 0.1) is 13.8 Å². The van der Waals surface area contributed by atoms with Crippen molar-refractivity contribution in [1.29, 1.82) is 0 Å². The fourth-order valence-electron chi connectivity index (χ4n) is 3.83. The second kappa shape index (κ2) is 9.13. The summed E-state index contributed by atoms with van der Waals surface area (Å²) in [6.45, 7) is 6.00. The maximum Gasteiger partial charge on any atom is 0.340 e. The molecule has 1 amide bonds. The van der Waals surface area contributed by atoms with E-state index in [9.17, 15) is 9.59 Å². The fraction of sp³-hybridized carbons (Fsp3) is 0.545. The monoisotopic (exact) mass is 386 g/mol. The van der Waals surface area contributed by atoms with Gasteiger partial charge in [0.1, 0.15) is 5.76 Å². The highest BCUT2D eigenvalue weighted by atomic mass is 16.5. The molecule has 0 unspecified atom stereocenters. The Bertz CT molecular complexity index is 799. The Labute approximate surface area is 166 Å². The molecule has 1 saturated carbocycles. The Hall–Kier alpha value is -2.50. The molecule has 6 nitrogen and oxygen atoms in total. The highest BCUT2D eigenvalue weighted by Gasteiger charge is 2.24. The zero-order chi connectivity index (χ0) is 20.1. The summed E-state index contributed by atoms with van der Waals surface area (Å²) in [5, 5.41) is 3.04. The first-order valence-electron chi connectivity index (χ1n) is 10.2. The lowest BCUT2D eigenvalue weighted by atomic mass is 10.1. The lowest BCUT2D eigenvalue weighted by Gasteiger charge is -2.19. The number of amides is 1. The summed E-state index contributed by atoms with van der Waals surface area (Å²) in [4.78, 5) is 25.1. The van der Waals surface area contributed by atoms with Crippen LogP contribution in [0.3, 0.4) is 0 Å². The van der Waals surface area contributed by atoms with E-state index < -0.39 is 12.1 Å². The van der Waals surface area contributed by atoms with Crippen molar-refractivity contribution in [1.82, 2.24) is 9.88 Å². The van der Waals surface area contributed by atoms with Gasteiger partial charge in [0.05, 0.1) is 18.4 Å². The third-order valence-electron chi connectivity index (χ3n) is 5.54. The van der Waals surface area contributed by atoms with Gasteiger partial charge in [-0.3, -0.25) is 4.79 Å². The highest BCUT2D eigenvalue weighted by molar-refractivity contribution is 5.93. The number of nitrogens with one attached hydrogen (secondary N) is 1. The molecule has 1 aliphatic carbocycles. The first-order chi connectivity index (χ1) is 13.5. The zero-order valence-corrected chi connectivity index (χ0v) is 17.0. The molecule has 2 aromatic heterocycles. The SMILES string of the molecule is Cc1cc(C(=O)O[C@H](C)C(=O)NC2CCCCCC2)c(C)n1Cc1ccco1. The Kier molecular flexibility index (Phi) is 6.60. The van der Waals surface area contributed by atoms with Gasteiger partial charge in [-0.25, -0.2) is 4.79 Å². The van der Waals surface area contributed by atoms with Gasteiger partial charge in [-0.1, -0.05) is 25.7 Å². The van der Waals surface area contributed by atoms with E-state index in [2.05, 4.69) is 5.32 Å². The number of aryl methyl sites for hydroxylation is 1. The van der Waals surface area contributed by atoms with Crippen molar-refractivity contribution < 1.29 is 18.7 Å². The zero-order valence-electron chi connectivity index (χ0n) is 17.0. The van der Waals surface area contributed by atoms with Crippen molar-refractivity contribution in [2.24, 2.45) is 0 Å². The number of aromatic nitrogens is 1. The van der Waals surface area contributed by atoms with Crippen LogP contribution in [0.2, 0.25) is 0 Å².